The van der Waals surface area contributed by atoms with Gasteiger partial charge in [0.1, 0.15) is 17.5 Å². The molecule has 1 unspecified atom stereocenters. The van der Waals surface area contributed by atoms with Crippen molar-refractivity contribution < 1.29 is 14.5 Å². The monoisotopic (exact) mass is 330 g/mol. The number of fused-ring (bicyclic) bond motifs is 1. The standard InChI is InChI=1S/C15H18N6O3/c1-8(2)13(22)14-18-17-12-5-4-10(7-21(12)14)15(23)16-6-11-9(3)19-24-20-11/h4-5,7-8,13,22H,6H2,1-3H3,(H,16,23). The number of hydrogen-bond acceptors (Lipinski definition) is 7. The number of aliphatic hydroxyl groups excluding tert-OH is 1. The minimum atomic E-state index is -0.762. The van der Waals surface area contributed by atoms with E-state index in [9.17, 15) is 9.90 Å². The lowest BCUT2D eigenvalue weighted by molar-refractivity contribution is 0.0948. The number of aromatic nitrogens is 5. The average Bonchev–Trinajstić information content (AvgIpc) is 3.17. The Labute approximate surface area is 137 Å². The van der Waals surface area contributed by atoms with E-state index in [4.69, 9.17) is 0 Å². The summed E-state index contributed by atoms with van der Waals surface area (Å²) in [5.41, 5.74) is 2.20. The molecule has 0 fully saturated rings. The number of amides is 1. The van der Waals surface area contributed by atoms with Crippen LogP contribution in [-0.2, 0) is 6.54 Å². The zero-order chi connectivity index (χ0) is 17.3. The van der Waals surface area contributed by atoms with E-state index in [-0.39, 0.29) is 18.4 Å². The summed E-state index contributed by atoms with van der Waals surface area (Å²) >= 11 is 0. The number of nitrogens with zero attached hydrogens (tertiary/aromatic N) is 5. The van der Waals surface area contributed by atoms with Crippen molar-refractivity contribution in [2.45, 2.75) is 33.4 Å². The van der Waals surface area contributed by atoms with Crippen LogP contribution in [0.4, 0.5) is 0 Å². The molecule has 1 amide bonds. The van der Waals surface area contributed by atoms with Crippen molar-refractivity contribution in [3.63, 3.8) is 0 Å². The molecule has 0 saturated carbocycles. The third-order valence-corrected chi connectivity index (χ3v) is 3.75. The zero-order valence-electron chi connectivity index (χ0n) is 13.6. The number of aliphatic hydroxyl groups is 1. The van der Waals surface area contributed by atoms with Crippen molar-refractivity contribution >= 4 is 11.6 Å². The Hall–Kier alpha value is -2.81. The van der Waals surface area contributed by atoms with Crippen LogP contribution in [0.3, 0.4) is 0 Å². The summed E-state index contributed by atoms with van der Waals surface area (Å²) in [7, 11) is 0. The van der Waals surface area contributed by atoms with Crippen LogP contribution in [0.5, 0.6) is 0 Å². The van der Waals surface area contributed by atoms with E-state index >= 15 is 0 Å². The van der Waals surface area contributed by atoms with Gasteiger partial charge in [0.25, 0.3) is 5.91 Å². The fraction of sp³-hybridized carbons (Fsp3) is 0.400. The first-order valence-corrected chi connectivity index (χ1v) is 7.56. The Morgan fingerprint density at radius 2 is 2.12 bits per heavy atom. The maximum absolute atomic E-state index is 12.3. The fourth-order valence-electron chi connectivity index (χ4n) is 2.22. The van der Waals surface area contributed by atoms with Gasteiger partial charge in [-0.1, -0.05) is 24.2 Å². The molecule has 0 spiro atoms. The van der Waals surface area contributed by atoms with Crippen LogP contribution in [0.1, 0.15) is 47.5 Å². The Bertz CT molecular complexity index is 869. The number of rotatable bonds is 5. The Morgan fingerprint density at radius 1 is 1.33 bits per heavy atom. The van der Waals surface area contributed by atoms with Crippen LogP contribution >= 0.6 is 0 Å². The Morgan fingerprint density at radius 3 is 2.79 bits per heavy atom. The van der Waals surface area contributed by atoms with Crippen LogP contribution in [0, 0.1) is 12.8 Å². The first kappa shape index (κ1) is 16.1. The summed E-state index contributed by atoms with van der Waals surface area (Å²) in [5.74, 6) is 0.113. The molecule has 3 aromatic heterocycles. The van der Waals surface area contributed by atoms with Gasteiger partial charge in [0, 0.05) is 6.20 Å². The Kier molecular flexibility index (Phi) is 4.26. The van der Waals surface area contributed by atoms with Crippen molar-refractivity contribution in [1.29, 1.82) is 0 Å². The number of hydrogen-bond donors (Lipinski definition) is 2. The maximum Gasteiger partial charge on any atom is 0.253 e. The molecule has 3 rings (SSSR count). The van der Waals surface area contributed by atoms with Crippen LogP contribution in [0.25, 0.3) is 5.65 Å². The second-order valence-corrected chi connectivity index (χ2v) is 5.87. The van der Waals surface area contributed by atoms with E-state index in [0.717, 1.165) is 0 Å². The molecular weight excluding hydrogens is 312 g/mol. The molecule has 0 aromatic carbocycles. The molecule has 0 radical (unpaired) electrons. The predicted octanol–water partition coefficient (Wildman–Crippen LogP) is 1.04. The summed E-state index contributed by atoms with van der Waals surface area (Å²) in [4.78, 5) is 12.3. The molecule has 2 N–H and O–H groups in total. The lowest BCUT2D eigenvalue weighted by atomic mass is 10.1. The molecule has 9 nitrogen and oxygen atoms in total. The molecule has 1 atom stereocenters. The number of nitrogens with one attached hydrogen (secondary N) is 1. The molecule has 0 aliphatic rings. The number of carbonyl (C=O) groups is 1. The van der Waals surface area contributed by atoms with Gasteiger partial charge in [-0.05, 0) is 25.0 Å². The van der Waals surface area contributed by atoms with Crippen LogP contribution in [-0.4, -0.2) is 35.9 Å². The largest absolute Gasteiger partial charge is 0.385 e. The first-order chi connectivity index (χ1) is 11.5. The van der Waals surface area contributed by atoms with Gasteiger partial charge in [0.15, 0.2) is 11.5 Å². The zero-order valence-corrected chi connectivity index (χ0v) is 13.6. The SMILES string of the molecule is Cc1nonc1CNC(=O)c1ccc2nnc(C(O)C(C)C)n2c1. The molecule has 0 aliphatic carbocycles. The first-order valence-electron chi connectivity index (χ1n) is 7.56. The van der Waals surface area contributed by atoms with E-state index in [2.05, 4.69) is 30.5 Å². The van der Waals surface area contributed by atoms with Crippen molar-refractivity contribution in [3.8, 4) is 0 Å². The minimum absolute atomic E-state index is 0.0162. The van der Waals surface area contributed by atoms with Gasteiger partial charge in [-0.3, -0.25) is 9.20 Å². The third-order valence-electron chi connectivity index (χ3n) is 3.75. The molecule has 9 heteroatoms. The summed E-state index contributed by atoms with van der Waals surface area (Å²) in [6, 6.07) is 3.33. The van der Waals surface area contributed by atoms with Crippen molar-refractivity contribution in [3.05, 3.63) is 41.1 Å². The summed E-state index contributed by atoms with van der Waals surface area (Å²) in [6.45, 7) is 5.74. The lowest BCUT2D eigenvalue weighted by Gasteiger charge is -2.12. The maximum atomic E-state index is 12.3. The Balaban J connectivity index is 1.83. The van der Waals surface area contributed by atoms with Gasteiger partial charge < -0.3 is 10.4 Å². The number of carbonyl (C=O) groups excluding carboxylic acids is 1. The van der Waals surface area contributed by atoms with Gasteiger partial charge in [0.05, 0.1) is 12.1 Å². The van der Waals surface area contributed by atoms with E-state index in [1.807, 2.05) is 13.8 Å². The molecule has 24 heavy (non-hydrogen) atoms. The highest BCUT2D eigenvalue weighted by Gasteiger charge is 2.19. The van der Waals surface area contributed by atoms with E-state index < -0.39 is 6.10 Å². The van der Waals surface area contributed by atoms with Crippen molar-refractivity contribution in [2.24, 2.45) is 5.92 Å². The number of pyridine rings is 1. The highest BCUT2D eigenvalue weighted by molar-refractivity contribution is 5.94. The number of aryl methyl sites for hydroxylation is 1. The van der Waals surface area contributed by atoms with Gasteiger partial charge in [-0.25, -0.2) is 4.63 Å². The van der Waals surface area contributed by atoms with Crippen LogP contribution in [0.15, 0.2) is 23.0 Å². The van der Waals surface area contributed by atoms with E-state index in [1.54, 1.807) is 29.7 Å². The second kappa shape index (κ2) is 6.36. The topological polar surface area (TPSA) is 118 Å². The van der Waals surface area contributed by atoms with Crippen LogP contribution in [0.2, 0.25) is 0 Å². The van der Waals surface area contributed by atoms with Gasteiger partial charge in [-0.15, -0.1) is 10.2 Å². The second-order valence-electron chi connectivity index (χ2n) is 5.87. The van der Waals surface area contributed by atoms with E-state index in [1.165, 1.54) is 0 Å². The minimum Gasteiger partial charge on any atom is -0.385 e. The quantitative estimate of drug-likeness (QED) is 0.717. The molecule has 3 aromatic rings. The molecule has 0 aliphatic heterocycles. The summed E-state index contributed by atoms with van der Waals surface area (Å²) < 4.78 is 6.22. The van der Waals surface area contributed by atoms with Crippen LogP contribution < -0.4 is 5.32 Å². The van der Waals surface area contributed by atoms with Gasteiger partial charge >= 0.3 is 0 Å². The van der Waals surface area contributed by atoms with Gasteiger partial charge in [-0.2, -0.15) is 0 Å². The molecule has 3 heterocycles. The molecule has 0 bridgehead atoms. The van der Waals surface area contributed by atoms with Gasteiger partial charge in [0.2, 0.25) is 0 Å². The van der Waals surface area contributed by atoms with Crippen molar-refractivity contribution in [2.75, 3.05) is 0 Å². The molecular formula is C15H18N6O3. The summed E-state index contributed by atoms with van der Waals surface area (Å²) in [5, 5.41) is 28.4. The highest BCUT2D eigenvalue weighted by Crippen LogP contribution is 2.20. The smallest absolute Gasteiger partial charge is 0.253 e. The summed E-state index contributed by atoms with van der Waals surface area (Å²) in [6.07, 6.45) is 0.849. The van der Waals surface area contributed by atoms with E-state index in [0.29, 0.717) is 28.4 Å². The predicted molar refractivity (Wildman–Crippen MR) is 83.0 cm³/mol. The third kappa shape index (κ3) is 2.98. The highest BCUT2D eigenvalue weighted by atomic mass is 16.6. The average molecular weight is 330 g/mol. The normalized spacial score (nSPS) is 12.7. The molecule has 0 saturated heterocycles. The van der Waals surface area contributed by atoms with Crippen molar-refractivity contribution in [1.82, 2.24) is 30.2 Å². The fourth-order valence-corrected chi connectivity index (χ4v) is 2.22. The molecule has 126 valence electrons. The lowest BCUT2D eigenvalue weighted by Crippen LogP contribution is -2.23.